The Morgan fingerprint density at radius 1 is 0.951 bits per heavy atom. The number of urea groups is 1. The van der Waals surface area contributed by atoms with Gasteiger partial charge in [0.1, 0.15) is 5.82 Å². The quantitative estimate of drug-likeness (QED) is 0.373. The predicted octanol–water partition coefficient (Wildman–Crippen LogP) is 4.41. The summed E-state index contributed by atoms with van der Waals surface area (Å²) in [5.41, 5.74) is 12.0. The number of nitrogen functional groups attached to an aromatic ring is 1. The molecule has 1 aromatic carbocycles. The minimum Gasteiger partial charge on any atom is -0.383 e. The Morgan fingerprint density at radius 3 is 2.34 bits per heavy atom. The van der Waals surface area contributed by atoms with E-state index in [1.54, 1.807) is 10.7 Å². The number of morpholine rings is 1. The molecule has 7 rings (SSSR count). The Hall–Kier alpha value is -4.31. The number of rotatable bonds is 4. The predicted molar refractivity (Wildman–Crippen MR) is 154 cm³/mol. The molecule has 6 heterocycles. The number of hydrogen-bond donors (Lipinski definition) is 1. The Morgan fingerprint density at radius 2 is 1.68 bits per heavy atom. The zero-order chi connectivity index (χ0) is 28.1. The number of benzene rings is 1. The number of carbonyl (C=O) groups is 2. The average Bonchev–Trinajstić information content (AvgIpc) is 3.55. The van der Waals surface area contributed by atoms with Crippen molar-refractivity contribution in [3.8, 4) is 22.4 Å². The first-order valence-electron chi connectivity index (χ1n) is 14.3. The number of amides is 2. The lowest BCUT2D eigenvalue weighted by Crippen LogP contribution is -2.54. The Kier molecular flexibility index (Phi) is 6.42. The van der Waals surface area contributed by atoms with Crippen molar-refractivity contribution < 1.29 is 14.3 Å². The molecular formula is C31H33N7O3. The molecular weight excluding hydrogens is 518 g/mol. The molecule has 3 aromatic heterocycles. The first-order valence-corrected chi connectivity index (χ1v) is 14.3. The van der Waals surface area contributed by atoms with Gasteiger partial charge in [-0.25, -0.2) is 9.78 Å². The van der Waals surface area contributed by atoms with E-state index in [4.69, 9.17) is 15.5 Å². The molecule has 0 spiro atoms. The average molecular weight is 552 g/mol. The first kappa shape index (κ1) is 25.6. The highest BCUT2D eigenvalue weighted by Gasteiger charge is 2.46. The van der Waals surface area contributed by atoms with Crippen LogP contribution in [-0.4, -0.2) is 79.6 Å². The molecule has 3 aliphatic heterocycles. The first-order chi connectivity index (χ1) is 20.0. The van der Waals surface area contributed by atoms with Crippen molar-refractivity contribution in [2.75, 3.05) is 32.0 Å². The van der Waals surface area contributed by atoms with Crippen LogP contribution < -0.4 is 5.73 Å². The van der Waals surface area contributed by atoms with Crippen LogP contribution in [0.1, 0.15) is 54.6 Å². The van der Waals surface area contributed by atoms with Gasteiger partial charge in [-0.05, 0) is 38.7 Å². The number of anilines is 1. The number of hydrogen-bond acceptors (Lipinski definition) is 7. The minimum absolute atomic E-state index is 0.0220. The van der Waals surface area contributed by atoms with Crippen LogP contribution in [0.4, 0.5) is 10.6 Å². The van der Waals surface area contributed by atoms with E-state index in [1.807, 2.05) is 53.6 Å². The number of pyridine rings is 1. The Labute approximate surface area is 238 Å². The van der Waals surface area contributed by atoms with Gasteiger partial charge in [0.15, 0.2) is 11.4 Å². The molecule has 2 N–H and O–H groups in total. The molecule has 210 valence electrons. The van der Waals surface area contributed by atoms with Gasteiger partial charge < -0.3 is 20.3 Å². The summed E-state index contributed by atoms with van der Waals surface area (Å²) in [6, 6.07) is 14.4. The maximum absolute atomic E-state index is 13.4. The van der Waals surface area contributed by atoms with E-state index in [2.05, 4.69) is 15.0 Å². The molecule has 4 aromatic rings. The van der Waals surface area contributed by atoms with Crippen molar-refractivity contribution in [3.63, 3.8) is 0 Å². The number of nitrogens with two attached hydrogens (primary N) is 1. The fraction of sp³-hybridized carbons (Fsp3) is 0.387. The van der Waals surface area contributed by atoms with Crippen LogP contribution in [-0.2, 0) is 4.74 Å². The minimum atomic E-state index is -0.128. The monoisotopic (exact) mass is 551 g/mol. The maximum Gasteiger partial charge on any atom is 0.320 e. The molecule has 3 aliphatic rings. The Bertz CT molecular complexity index is 1600. The van der Waals surface area contributed by atoms with Crippen molar-refractivity contribution in [3.05, 3.63) is 66.1 Å². The summed E-state index contributed by atoms with van der Waals surface area (Å²) < 4.78 is 7.01. The Balaban J connectivity index is 1.23. The van der Waals surface area contributed by atoms with Gasteiger partial charge in [-0.1, -0.05) is 36.4 Å². The third kappa shape index (κ3) is 4.42. The van der Waals surface area contributed by atoms with Crippen molar-refractivity contribution in [2.24, 2.45) is 0 Å². The van der Waals surface area contributed by atoms with E-state index < -0.39 is 0 Å². The van der Waals surface area contributed by atoms with Crippen LogP contribution >= 0.6 is 0 Å². The highest BCUT2D eigenvalue weighted by molar-refractivity contribution is 6.00. The number of nitrogens with zero attached hydrogens (tertiary/aromatic N) is 6. The van der Waals surface area contributed by atoms with Crippen LogP contribution in [0.5, 0.6) is 0 Å². The number of aromatic nitrogens is 4. The van der Waals surface area contributed by atoms with Crippen LogP contribution in [0.25, 0.3) is 28.0 Å². The van der Waals surface area contributed by atoms with Crippen LogP contribution in [0.15, 0.2) is 54.9 Å². The van der Waals surface area contributed by atoms with E-state index >= 15 is 0 Å². The van der Waals surface area contributed by atoms with Crippen molar-refractivity contribution in [2.45, 2.75) is 50.6 Å². The van der Waals surface area contributed by atoms with Gasteiger partial charge in [-0.2, -0.15) is 9.61 Å². The molecule has 2 bridgehead atoms. The van der Waals surface area contributed by atoms with Crippen LogP contribution in [0.2, 0.25) is 0 Å². The zero-order valence-corrected chi connectivity index (χ0v) is 23.1. The second kappa shape index (κ2) is 10.3. The molecule has 10 heteroatoms. The number of piperidine rings is 1. The summed E-state index contributed by atoms with van der Waals surface area (Å²) in [5.74, 6) is 0.197. The van der Waals surface area contributed by atoms with E-state index in [-0.39, 0.29) is 29.8 Å². The molecule has 3 saturated heterocycles. The van der Waals surface area contributed by atoms with Gasteiger partial charge >= 0.3 is 6.03 Å². The number of ether oxygens (including phenoxy) is 1. The lowest BCUT2D eigenvalue weighted by molar-refractivity contribution is 0.0330. The summed E-state index contributed by atoms with van der Waals surface area (Å²) in [7, 11) is 0. The lowest BCUT2D eigenvalue weighted by atomic mass is 9.85. The van der Waals surface area contributed by atoms with Crippen molar-refractivity contribution in [1.82, 2.24) is 29.4 Å². The van der Waals surface area contributed by atoms with Gasteiger partial charge in [-0.3, -0.25) is 9.78 Å². The SMILES string of the molecule is CC(=O)c1c(C2CC3CCC(C2)N3C(=O)N2CCOCC2)nc2c(-c3ccc(-c4ccccc4)nc3)cnn2c1N. The fourth-order valence-corrected chi connectivity index (χ4v) is 6.86. The smallest absolute Gasteiger partial charge is 0.320 e. The summed E-state index contributed by atoms with van der Waals surface area (Å²) in [4.78, 5) is 40.1. The third-order valence-corrected chi connectivity index (χ3v) is 8.83. The maximum atomic E-state index is 13.4. The van der Waals surface area contributed by atoms with Gasteiger partial charge in [0, 0.05) is 54.0 Å². The third-order valence-electron chi connectivity index (χ3n) is 8.83. The molecule has 2 atom stereocenters. The highest BCUT2D eigenvalue weighted by Crippen LogP contribution is 2.45. The molecule has 3 fully saturated rings. The normalized spacial score (nSPS) is 22.3. The van der Waals surface area contributed by atoms with E-state index in [0.717, 1.165) is 48.1 Å². The lowest BCUT2D eigenvalue weighted by Gasteiger charge is -2.42. The summed E-state index contributed by atoms with van der Waals surface area (Å²) >= 11 is 0. The molecule has 10 nitrogen and oxygen atoms in total. The molecule has 0 aliphatic carbocycles. The van der Waals surface area contributed by atoms with Crippen LogP contribution in [0, 0.1) is 0 Å². The molecule has 2 amide bonds. The van der Waals surface area contributed by atoms with E-state index in [9.17, 15) is 9.59 Å². The standard InChI is InChI=1S/C31H33N7O3/c1-19(39)27-28(22-15-23-8-9-24(16-22)37(23)31(40)36-11-13-41-14-12-36)35-30-25(18-34-38(30)29(27)32)21-7-10-26(33-17-21)20-5-3-2-4-6-20/h2-7,10,17-18,22-24H,8-9,11-16,32H2,1H3. The van der Waals surface area contributed by atoms with Crippen LogP contribution in [0.3, 0.4) is 0 Å². The van der Waals surface area contributed by atoms with E-state index in [0.29, 0.717) is 49.0 Å². The highest BCUT2D eigenvalue weighted by atomic mass is 16.5. The number of fused-ring (bicyclic) bond motifs is 3. The second-order valence-corrected chi connectivity index (χ2v) is 11.2. The number of carbonyl (C=O) groups excluding carboxylic acids is 2. The molecule has 0 saturated carbocycles. The fourth-order valence-electron chi connectivity index (χ4n) is 6.86. The van der Waals surface area contributed by atoms with Gasteiger partial charge in [0.25, 0.3) is 0 Å². The summed E-state index contributed by atoms with van der Waals surface area (Å²) in [6.07, 6.45) is 6.99. The van der Waals surface area contributed by atoms with Gasteiger partial charge in [-0.15, -0.1) is 0 Å². The number of ketones is 1. The number of Topliss-reactive ketones (excluding diaryl/α,β-unsaturated/α-hetero) is 1. The molecule has 2 unspecified atom stereocenters. The summed E-state index contributed by atoms with van der Waals surface area (Å²) in [6.45, 7) is 3.96. The topological polar surface area (TPSA) is 119 Å². The van der Waals surface area contributed by atoms with Gasteiger partial charge in [0.2, 0.25) is 0 Å². The zero-order valence-electron chi connectivity index (χ0n) is 23.1. The second-order valence-electron chi connectivity index (χ2n) is 11.2. The molecule has 0 radical (unpaired) electrons. The van der Waals surface area contributed by atoms with E-state index in [1.165, 1.54) is 6.92 Å². The largest absolute Gasteiger partial charge is 0.383 e. The summed E-state index contributed by atoms with van der Waals surface area (Å²) in [5, 5.41) is 4.51. The van der Waals surface area contributed by atoms with Crippen molar-refractivity contribution in [1.29, 1.82) is 0 Å². The molecule has 41 heavy (non-hydrogen) atoms. The van der Waals surface area contributed by atoms with Gasteiger partial charge in [0.05, 0.1) is 36.4 Å². The van der Waals surface area contributed by atoms with Crippen molar-refractivity contribution >= 4 is 23.3 Å².